The summed E-state index contributed by atoms with van der Waals surface area (Å²) >= 11 is 0. The minimum absolute atomic E-state index is 0.251. The normalized spacial score (nSPS) is 22.0. The van der Waals surface area contributed by atoms with Crippen molar-refractivity contribution in [3.63, 3.8) is 0 Å². The molecule has 1 N–H and O–H groups in total. The maximum absolute atomic E-state index is 5.91. The van der Waals surface area contributed by atoms with Gasteiger partial charge in [0.25, 0.3) is 0 Å². The summed E-state index contributed by atoms with van der Waals surface area (Å²) in [7, 11) is 1.81. The van der Waals surface area contributed by atoms with Crippen molar-refractivity contribution in [2.45, 2.75) is 64.1 Å². The van der Waals surface area contributed by atoms with Gasteiger partial charge in [-0.15, -0.1) is 0 Å². The van der Waals surface area contributed by atoms with E-state index in [4.69, 9.17) is 14.7 Å². The van der Waals surface area contributed by atoms with E-state index < -0.39 is 0 Å². The number of aryl methyl sites for hydroxylation is 1. The summed E-state index contributed by atoms with van der Waals surface area (Å²) in [6, 6.07) is 0. The molecule has 0 atom stereocenters. The Morgan fingerprint density at radius 2 is 1.79 bits per heavy atom. The van der Waals surface area contributed by atoms with Gasteiger partial charge in [0, 0.05) is 31.5 Å². The predicted octanol–water partition coefficient (Wildman–Crippen LogP) is 2.58. The van der Waals surface area contributed by atoms with Gasteiger partial charge < -0.3 is 10.1 Å². The fourth-order valence-electron chi connectivity index (χ4n) is 3.36. The molecule has 0 saturated heterocycles. The number of rotatable bonds is 2. The Bertz CT molecular complexity index is 465. The highest BCUT2D eigenvalue weighted by Gasteiger charge is 2.36. The first-order valence-electron chi connectivity index (χ1n) is 7.38. The van der Waals surface area contributed by atoms with Crippen molar-refractivity contribution in [2.75, 3.05) is 7.11 Å². The Morgan fingerprint density at radius 3 is 2.47 bits per heavy atom. The van der Waals surface area contributed by atoms with Crippen LogP contribution in [0.15, 0.2) is 0 Å². The highest BCUT2D eigenvalue weighted by molar-refractivity contribution is 5.29. The molecule has 0 radical (unpaired) electrons. The minimum Gasteiger partial charge on any atom is -0.370 e. The first-order valence-corrected chi connectivity index (χ1v) is 7.38. The zero-order chi connectivity index (χ0) is 13.3. The molecule has 3 rings (SSSR count). The molecule has 2 aliphatic rings. The summed E-state index contributed by atoms with van der Waals surface area (Å²) in [4.78, 5) is 9.60. The monoisotopic (exact) mass is 261 g/mol. The fourth-order valence-corrected chi connectivity index (χ4v) is 3.36. The van der Waals surface area contributed by atoms with Crippen molar-refractivity contribution < 1.29 is 4.74 Å². The standard InChI is InChI=1S/C15H23N3O/c1-11-12-9-16-10-13(12)18-14(17-11)15(19-2)7-5-3-4-6-8-15/h16H,3-10H2,1-2H3. The van der Waals surface area contributed by atoms with Gasteiger partial charge in [-0.25, -0.2) is 9.97 Å². The van der Waals surface area contributed by atoms with Gasteiger partial charge in [0.1, 0.15) is 5.60 Å². The SMILES string of the molecule is COC1(c2nc(C)c3c(n2)CNC3)CCCCCC1. The summed E-state index contributed by atoms with van der Waals surface area (Å²) in [5.41, 5.74) is 3.32. The largest absolute Gasteiger partial charge is 0.370 e. The van der Waals surface area contributed by atoms with Crippen LogP contribution in [0, 0.1) is 6.92 Å². The van der Waals surface area contributed by atoms with Crippen LogP contribution in [0.3, 0.4) is 0 Å². The van der Waals surface area contributed by atoms with E-state index in [1.54, 1.807) is 0 Å². The van der Waals surface area contributed by atoms with Crippen LogP contribution in [0.1, 0.15) is 61.3 Å². The van der Waals surface area contributed by atoms with Gasteiger partial charge in [-0.3, -0.25) is 0 Å². The summed E-state index contributed by atoms with van der Waals surface area (Å²) in [5, 5.41) is 3.36. The summed E-state index contributed by atoms with van der Waals surface area (Å²) in [6.07, 6.45) is 7.13. The third kappa shape index (κ3) is 2.28. The predicted molar refractivity (Wildman–Crippen MR) is 73.7 cm³/mol. The molecule has 1 aliphatic carbocycles. The third-order valence-corrected chi connectivity index (χ3v) is 4.60. The fraction of sp³-hybridized carbons (Fsp3) is 0.733. The number of nitrogens with zero attached hydrogens (tertiary/aromatic N) is 2. The molecule has 2 heterocycles. The first-order chi connectivity index (χ1) is 9.25. The number of hydrogen-bond acceptors (Lipinski definition) is 4. The molecule has 4 nitrogen and oxygen atoms in total. The quantitative estimate of drug-likeness (QED) is 0.831. The summed E-state index contributed by atoms with van der Waals surface area (Å²) in [5.74, 6) is 0.914. The van der Waals surface area contributed by atoms with Crippen molar-refractivity contribution in [2.24, 2.45) is 0 Å². The molecule has 1 fully saturated rings. The summed E-state index contributed by atoms with van der Waals surface area (Å²) < 4.78 is 5.91. The number of ether oxygens (including phenoxy) is 1. The van der Waals surface area contributed by atoms with E-state index in [0.717, 1.165) is 37.4 Å². The van der Waals surface area contributed by atoms with E-state index in [9.17, 15) is 0 Å². The van der Waals surface area contributed by atoms with E-state index in [2.05, 4.69) is 12.2 Å². The maximum atomic E-state index is 5.91. The van der Waals surface area contributed by atoms with Crippen LogP contribution in [-0.2, 0) is 23.4 Å². The average molecular weight is 261 g/mol. The first kappa shape index (κ1) is 13.0. The van der Waals surface area contributed by atoms with Crippen LogP contribution in [0.2, 0.25) is 0 Å². The summed E-state index contributed by atoms with van der Waals surface area (Å²) in [6.45, 7) is 3.87. The topological polar surface area (TPSA) is 47.0 Å². The minimum atomic E-state index is -0.251. The Kier molecular flexibility index (Phi) is 3.54. The maximum Gasteiger partial charge on any atom is 0.160 e. The molecule has 0 spiro atoms. The van der Waals surface area contributed by atoms with Crippen LogP contribution in [-0.4, -0.2) is 17.1 Å². The van der Waals surface area contributed by atoms with Gasteiger partial charge in [0.15, 0.2) is 5.82 Å². The zero-order valence-corrected chi connectivity index (χ0v) is 12.0. The van der Waals surface area contributed by atoms with Crippen molar-refractivity contribution in [1.82, 2.24) is 15.3 Å². The van der Waals surface area contributed by atoms with E-state index in [0.29, 0.717) is 0 Å². The molecule has 0 aromatic carbocycles. The van der Waals surface area contributed by atoms with Gasteiger partial charge in [-0.2, -0.15) is 0 Å². The van der Waals surface area contributed by atoms with Crippen LogP contribution >= 0.6 is 0 Å². The van der Waals surface area contributed by atoms with E-state index >= 15 is 0 Å². The molecule has 19 heavy (non-hydrogen) atoms. The van der Waals surface area contributed by atoms with Crippen molar-refractivity contribution in [1.29, 1.82) is 0 Å². The second kappa shape index (κ2) is 5.17. The Labute approximate surface area is 115 Å². The molecule has 104 valence electrons. The Balaban J connectivity index is 2.01. The number of hydrogen-bond donors (Lipinski definition) is 1. The smallest absolute Gasteiger partial charge is 0.160 e. The molecule has 1 aromatic heterocycles. The zero-order valence-electron chi connectivity index (χ0n) is 12.0. The van der Waals surface area contributed by atoms with Gasteiger partial charge >= 0.3 is 0 Å². The molecule has 1 aliphatic heterocycles. The molecule has 1 saturated carbocycles. The number of nitrogens with one attached hydrogen (secondary N) is 1. The number of methoxy groups -OCH3 is 1. The molecule has 1 aromatic rings. The van der Waals surface area contributed by atoms with Crippen LogP contribution in [0.25, 0.3) is 0 Å². The van der Waals surface area contributed by atoms with Crippen LogP contribution < -0.4 is 5.32 Å². The lowest BCUT2D eigenvalue weighted by atomic mass is 9.92. The number of fused-ring (bicyclic) bond motifs is 1. The molecule has 0 bridgehead atoms. The van der Waals surface area contributed by atoms with Gasteiger partial charge in [0.2, 0.25) is 0 Å². The van der Waals surface area contributed by atoms with Crippen LogP contribution in [0.5, 0.6) is 0 Å². The highest BCUT2D eigenvalue weighted by Crippen LogP contribution is 2.38. The Morgan fingerprint density at radius 1 is 1.05 bits per heavy atom. The Hall–Kier alpha value is -1.00. The molecular formula is C15H23N3O. The van der Waals surface area contributed by atoms with Crippen molar-refractivity contribution >= 4 is 0 Å². The van der Waals surface area contributed by atoms with Gasteiger partial charge in [-0.1, -0.05) is 25.7 Å². The number of aromatic nitrogens is 2. The van der Waals surface area contributed by atoms with Crippen molar-refractivity contribution in [3.05, 3.63) is 22.8 Å². The molecule has 0 unspecified atom stereocenters. The molecule has 4 heteroatoms. The van der Waals surface area contributed by atoms with Gasteiger partial charge in [-0.05, 0) is 19.8 Å². The highest BCUT2D eigenvalue weighted by atomic mass is 16.5. The van der Waals surface area contributed by atoms with Crippen LogP contribution in [0.4, 0.5) is 0 Å². The van der Waals surface area contributed by atoms with Crippen molar-refractivity contribution in [3.8, 4) is 0 Å². The lowest BCUT2D eigenvalue weighted by Gasteiger charge is -2.30. The molecule has 0 amide bonds. The second-order valence-corrected chi connectivity index (χ2v) is 5.77. The lowest BCUT2D eigenvalue weighted by Crippen LogP contribution is -2.31. The van der Waals surface area contributed by atoms with E-state index in [1.165, 1.54) is 36.9 Å². The van der Waals surface area contributed by atoms with E-state index in [-0.39, 0.29) is 5.60 Å². The lowest BCUT2D eigenvalue weighted by molar-refractivity contribution is -0.0354. The average Bonchev–Trinajstić information content (AvgIpc) is 2.76. The third-order valence-electron chi connectivity index (χ3n) is 4.60. The van der Waals surface area contributed by atoms with E-state index in [1.807, 2.05) is 7.11 Å². The second-order valence-electron chi connectivity index (χ2n) is 5.77. The molecular weight excluding hydrogens is 238 g/mol. The van der Waals surface area contributed by atoms with Gasteiger partial charge in [0.05, 0.1) is 5.69 Å².